The van der Waals surface area contributed by atoms with Crippen molar-refractivity contribution in [1.29, 1.82) is 0 Å². The van der Waals surface area contributed by atoms with Crippen LogP contribution >= 0.6 is 22.6 Å². The van der Waals surface area contributed by atoms with Crippen LogP contribution in [-0.4, -0.2) is 52.1 Å². The molecule has 0 aliphatic carbocycles. The van der Waals surface area contributed by atoms with E-state index in [2.05, 4.69) is 38.0 Å². The maximum atomic E-state index is 13.5. The lowest BCUT2D eigenvalue weighted by Gasteiger charge is -2.22. The topological polar surface area (TPSA) is 151 Å². The fourth-order valence-corrected chi connectivity index (χ4v) is 5.40. The highest BCUT2D eigenvalue weighted by Gasteiger charge is 2.29. The minimum atomic E-state index is -3.55. The number of hydrogen-bond acceptors (Lipinski definition) is 10. The SMILES string of the molecule is CC(C)S(=O)(=O)c1ccc(-c2nc(-c3cc(-c4ccc(I)cc4)no3)c(NC(=O)OC(C)(C)C)nc2C(=O)OC(C)(C)C)cc1. The van der Waals surface area contributed by atoms with Crippen LogP contribution in [0, 0.1) is 3.57 Å². The van der Waals surface area contributed by atoms with Crippen LogP contribution in [0.5, 0.6) is 0 Å². The molecular weight excluding hydrogens is 711 g/mol. The summed E-state index contributed by atoms with van der Waals surface area (Å²) in [5, 5.41) is 6.15. The minimum absolute atomic E-state index is 0.0614. The number of ether oxygens (including phenoxy) is 2. The van der Waals surface area contributed by atoms with Crippen molar-refractivity contribution in [3.63, 3.8) is 0 Å². The zero-order valence-corrected chi connectivity index (χ0v) is 29.2. The first kappa shape index (κ1) is 34.0. The largest absolute Gasteiger partial charge is 0.455 e. The molecule has 0 fully saturated rings. The second kappa shape index (κ2) is 12.9. The van der Waals surface area contributed by atoms with E-state index in [9.17, 15) is 18.0 Å². The number of sulfone groups is 1. The van der Waals surface area contributed by atoms with Crippen LogP contribution in [0.2, 0.25) is 0 Å². The van der Waals surface area contributed by atoms with Crippen molar-refractivity contribution in [3.05, 3.63) is 63.9 Å². The van der Waals surface area contributed by atoms with E-state index in [-0.39, 0.29) is 33.6 Å². The maximum absolute atomic E-state index is 13.5. The average molecular weight is 747 g/mol. The van der Waals surface area contributed by atoms with Crippen molar-refractivity contribution in [2.45, 2.75) is 76.7 Å². The fourth-order valence-electron chi connectivity index (χ4n) is 3.98. The number of nitrogens with one attached hydrogen (secondary N) is 1. The summed E-state index contributed by atoms with van der Waals surface area (Å²) in [5.74, 6) is -0.781. The molecule has 1 N–H and O–H groups in total. The maximum Gasteiger partial charge on any atom is 0.413 e. The molecule has 0 radical (unpaired) electrons. The van der Waals surface area contributed by atoms with E-state index in [0.717, 1.165) is 9.13 Å². The van der Waals surface area contributed by atoms with Crippen LogP contribution in [0.4, 0.5) is 10.6 Å². The average Bonchev–Trinajstić information content (AvgIpc) is 3.41. The zero-order valence-electron chi connectivity index (χ0n) is 26.3. The molecule has 1 amide bonds. The Morgan fingerprint density at radius 3 is 1.98 bits per heavy atom. The first-order chi connectivity index (χ1) is 20.8. The summed E-state index contributed by atoms with van der Waals surface area (Å²) in [6.45, 7) is 13.4. The number of carbonyl (C=O) groups excluding carboxylic acids is 2. The molecule has 2 heterocycles. The summed E-state index contributed by atoms with van der Waals surface area (Å²) < 4.78 is 43.3. The summed E-state index contributed by atoms with van der Waals surface area (Å²) in [5.41, 5.74) is -0.102. The molecule has 0 unspecified atom stereocenters. The fraction of sp³-hybridized carbons (Fsp3) is 0.344. The molecule has 2 aromatic carbocycles. The van der Waals surface area contributed by atoms with Crippen molar-refractivity contribution in [2.24, 2.45) is 0 Å². The summed E-state index contributed by atoms with van der Waals surface area (Å²) in [4.78, 5) is 35.8. The van der Waals surface area contributed by atoms with Crippen molar-refractivity contribution in [2.75, 3.05) is 5.32 Å². The van der Waals surface area contributed by atoms with Gasteiger partial charge in [0.25, 0.3) is 0 Å². The molecule has 238 valence electrons. The predicted octanol–water partition coefficient (Wildman–Crippen LogP) is 7.55. The Kier molecular flexibility index (Phi) is 9.73. The summed E-state index contributed by atoms with van der Waals surface area (Å²) >= 11 is 2.20. The van der Waals surface area contributed by atoms with Gasteiger partial charge < -0.3 is 14.0 Å². The number of amides is 1. The zero-order chi connectivity index (χ0) is 33.3. The lowest BCUT2D eigenvalue weighted by Crippen LogP contribution is -2.29. The van der Waals surface area contributed by atoms with Gasteiger partial charge in [-0.2, -0.15) is 0 Å². The van der Waals surface area contributed by atoms with Gasteiger partial charge in [0.1, 0.15) is 22.6 Å². The quantitative estimate of drug-likeness (QED) is 0.148. The van der Waals surface area contributed by atoms with Gasteiger partial charge in [-0.05, 0) is 102 Å². The Balaban J connectivity index is 1.93. The first-order valence-electron chi connectivity index (χ1n) is 14.1. The number of rotatable bonds is 7. The van der Waals surface area contributed by atoms with E-state index in [1.165, 1.54) is 24.3 Å². The summed E-state index contributed by atoms with van der Waals surface area (Å²) in [6, 6.07) is 15.2. The highest BCUT2D eigenvalue weighted by atomic mass is 127. The van der Waals surface area contributed by atoms with E-state index in [1.807, 2.05) is 24.3 Å². The second-order valence-electron chi connectivity index (χ2n) is 12.4. The first-order valence-corrected chi connectivity index (χ1v) is 16.7. The monoisotopic (exact) mass is 746 g/mol. The molecule has 0 saturated heterocycles. The van der Waals surface area contributed by atoms with Crippen LogP contribution in [0.1, 0.15) is 65.9 Å². The minimum Gasteiger partial charge on any atom is -0.455 e. The molecule has 0 aliphatic rings. The van der Waals surface area contributed by atoms with Crippen molar-refractivity contribution in [1.82, 2.24) is 15.1 Å². The van der Waals surface area contributed by atoms with Crippen LogP contribution in [0.3, 0.4) is 0 Å². The van der Waals surface area contributed by atoms with Crippen molar-refractivity contribution < 1.29 is 32.0 Å². The molecule has 0 spiro atoms. The number of nitrogens with zero attached hydrogens (tertiary/aromatic N) is 3. The molecule has 2 aromatic heterocycles. The number of carbonyl (C=O) groups is 2. The molecule has 4 aromatic rings. The van der Waals surface area contributed by atoms with Gasteiger partial charge in [0, 0.05) is 20.8 Å². The third-order valence-electron chi connectivity index (χ3n) is 6.07. The van der Waals surface area contributed by atoms with Crippen molar-refractivity contribution in [3.8, 4) is 34.0 Å². The van der Waals surface area contributed by atoms with Gasteiger partial charge in [0.2, 0.25) is 0 Å². The molecule has 0 saturated carbocycles. The number of aromatic nitrogens is 3. The van der Waals surface area contributed by atoms with E-state index in [0.29, 0.717) is 11.3 Å². The molecule has 4 rings (SSSR count). The van der Waals surface area contributed by atoms with Gasteiger partial charge in [0.05, 0.1) is 10.1 Å². The number of hydrogen-bond donors (Lipinski definition) is 1. The number of anilines is 1. The van der Waals surface area contributed by atoms with E-state index in [4.69, 9.17) is 19.0 Å². The van der Waals surface area contributed by atoms with Crippen LogP contribution in [-0.2, 0) is 19.3 Å². The molecule has 11 nitrogen and oxygen atoms in total. The lowest BCUT2D eigenvalue weighted by molar-refractivity contribution is 0.00630. The Labute approximate surface area is 276 Å². The predicted molar refractivity (Wildman–Crippen MR) is 178 cm³/mol. The Morgan fingerprint density at radius 1 is 0.844 bits per heavy atom. The summed E-state index contributed by atoms with van der Waals surface area (Å²) in [7, 11) is -3.55. The molecular formula is C32H35IN4O7S. The summed E-state index contributed by atoms with van der Waals surface area (Å²) in [6.07, 6.45) is -0.832. The number of esters is 1. The molecule has 0 aliphatic heterocycles. The van der Waals surface area contributed by atoms with Gasteiger partial charge >= 0.3 is 12.1 Å². The molecule has 13 heteroatoms. The Hall–Kier alpha value is -3.85. The Morgan fingerprint density at radius 2 is 1.42 bits per heavy atom. The molecule has 0 bridgehead atoms. The number of halogens is 1. The van der Waals surface area contributed by atoms with Gasteiger partial charge in [-0.25, -0.2) is 28.0 Å². The van der Waals surface area contributed by atoms with Crippen LogP contribution in [0.15, 0.2) is 64.0 Å². The van der Waals surface area contributed by atoms with Crippen LogP contribution < -0.4 is 5.32 Å². The lowest BCUT2D eigenvalue weighted by atomic mass is 10.1. The smallest absolute Gasteiger partial charge is 0.413 e. The van der Waals surface area contributed by atoms with Crippen molar-refractivity contribution >= 4 is 50.3 Å². The number of benzene rings is 2. The van der Waals surface area contributed by atoms with Gasteiger partial charge in [0.15, 0.2) is 32.8 Å². The third kappa shape index (κ3) is 8.45. The van der Waals surface area contributed by atoms with Gasteiger partial charge in [-0.3, -0.25) is 5.32 Å². The van der Waals surface area contributed by atoms with Crippen LogP contribution in [0.25, 0.3) is 34.0 Å². The molecule has 0 atom stereocenters. The van der Waals surface area contributed by atoms with E-state index < -0.39 is 38.4 Å². The second-order valence-corrected chi connectivity index (χ2v) is 16.2. The highest BCUT2D eigenvalue weighted by molar-refractivity contribution is 14.1. The van der Waals surface area contributed by atoms with E-state index in [1.54, 1.807) is 61.5 Å². The third-order valence-corrected chi connectivity index (χ3v) is 8.96. The van der Waals surface area contributed by atoms with Gasteiger partial charge in [-0.15, -0.1) is 0 Å². The van der Waals surface area contributed by atoms with E-state index >= 15 is 0 Å². The standard InChI is InChI=1S/C32H35IN4O7S/c1-18(2)45(40,41)22-15-11-20(12-16-22)25-27(29(38)42-31(3,4)5)35-28(36-30(39)43-32(6,7)8)26(34-25)24-17-23(37-44-24)19-9-13-21(33)14-10-19/h9-18H,1-8H3,(H,35,36,39). The molecule has 45 heavy (non-hydrogen) atoms. The van der Waals surface area contributed by atoms with Gasteiger partial charge in [-0.1, -0.05) is 29.4 Å². The highest BCUT2D eigenvalue weighted by Crippen LogP contribution is 2.34. The Bertz CT molecular complexity index is 1820. The normalized spacial score (nSPS) is 12.2.